The minimum absolute atomic E-state index is 0.103. The molecule has 0 bridgehead atoms. The van der Waals surface area contributed by atoms with Gasteiger partial charge in [-0.15, -0.1) is 11.3 Å². The molecule has 0 atom stereocenters. The molecule has 2 aromatic rings. The molecule has 7 heteroatoms. The molecule has 1 aliphatic carbocycles. The second kappa shape index (κ2) is 9.50. The standard InChI is InChI=1S/C21H23NO5S/c1-2-26-21(25)19-16(12-17(28-19)14-8-4-3-5-9-14)22-18(23)13-27-20(24)15-10-6-7-11-15/h3-5,8-9,12,15H,2,6-7,10-11,13H2,1H3,(H,22,23). The first-order valence-electron chi connectivity index (χ1n) is 9.41. The fourth-order valence-electron chi connectivity index (χ4n) is 3.18. The van der Waals surface area contributed by atoms with Gasteiger partial charge in [-0.05, 0) is 31.4 Å². The van der Waals surface area contributed by atoms with Crippen LogP contribution in [0.4, 0.5) is 5.69 Å². The summed E-state index contributed by atoms with van der Waals surface area (Å²) >= 11 is 1.25. The number of thiophene rings is 1. The minimum Gasteiger partial charge on any atom is -0.462 e. The first kappa shape index (κ1) is 20.1. The number of rotatable bonds is 7. The van der Waals surface area contributed by atoms with Gasteiger partial charge in [-0.2, -0.15) is 0 Å². The molecule has 1 aliphatic rings. The fourth-order valence-corrected chi connectivity index (χ4v) is 4.19. The van der Waals surface area contributed by atoms with Gasteiger partial charge in [0.25, 0.3) is 5.91 Å². The average molecular weight is 401 g/mol. The van der Waals surface area contributed by atoms with E-state index in [-0.39, 0.29) is 25.1 Å². The Morgan fingerprint density at radius 1 is 1.11 bits per heavy atom. The van der Waals surface area contributed by atoms with Gasteiger partial charge in [0.05, 0.1) is 18.2 Å². The third-order valence-corrected chi connectivity index (χ3v) is 5.72. The number of amides is 1. The van der Waals surface area contributed by atoms with Crippen molar-refractivity contribution in [3.63, 3.8) is 0 Å². The van der Waals surface area contributed by atoms with E-state index < -0.39 is 11.9 Å². The van der Waals surface area contributed by atoms with Gasteiger partial charge in [-0.25, -0.2) is 4.79 Å². The molecule has 0 saturated heterocycles. The zero-order valence-corrected chi connectivity index (χ0v) is 16.6. The highest BCUT2D eigenvalue weighted by Crippen LogP contribution is 2.35. The third kappa shape index (κ3) is 4.98. The Balaban J connectivity index is 1.70. The van der Waals surface area contributed by atoms with E-state index in [4.69, 9.17) is 9.47 Å². The van der Waals surface area contributed by atoms with Crippen molar-refractivity contribution in [2.45, 2.75) is 32.6 Å². The normalized spacial score (nSPS) is 13.9. The lowest BCUT2D eigenvalue weighted by Crippen LogP contribution is -2.24. The van der Waals surface area contributed by atoms with E-state index in [0.717, 1.165) is 36.1 Å². The van der Waals surface area contributed by atoms with Crippen molar-refractivity contribution in [1.29, 1.82) is 0 Å². The Morgan fingerprint density at radius 3 is 2.50 bits per heavy atom. The topological polar surface area (TPSA) is 81.7 Å². The quantitative estimate of drug-likeness (QED) is 0.701. The van der Waals surface area contributed by atoms with Crippen LogP contribution in [0, 0.1) is 5.92 Å². The van der Waals surface area contributed by atoms with E-state index in [1.54, 1.807) is 13.0 Å². The molecule has 1 fully saturated rings. The highest BCUT2D eigenvalue weighted by Gasteiger charge is 2.25. The lowest BCUT2D eigenvalue weighted by atomic mass is 10.1. The summed E-state index contributed by atoms with van der Waals surface area (Å²) in [6.45, 7) is 1.60. The number of hydrogen-bond acceptors (Lipinski definition) is 6. The Hall–Kier alpha value is -2.67. The molecule has 0 spiro atoms. The molecule has 0 radical (unpaired) electrons. The Labute approximate surface area is 167 Å². The third-order valence-electron chi connectivity index (χ3n) is 4.56. The molecule has 1 saturated carbocycles. The van der Waals surface area contributed by atoms with Crippen LogP contribution < -0.4 is 5.32 Å². The van der Waals surface area contributed by atoms with E-state index in [1.165, 1.54) is 11.3 Å². The molecule has 3 rings (SSSR count). The smallest absolute Gasteiger partial charge is 0.350 e. The van der Waals surface area contributed by atoms with Crippen LogP contribution >= 0.6 is 11.3 Å². The summed E-state index contributed by atoms with van der Waals surface area (Å²) in [5.74, 6) is -1.40. The molecule has 1 N–H and O–H groups in total. The van der Waals surface area contributed by atoms with Gasteiger partial charge in [-0.3, -0.25) is 9.59 Å². The number of benzene rings is 1. The van der Waals surface area contributed by atoms with E-state index in [1.807, 2.05) is 30.3 Å². The second-order valence-electron chi connectivity index (χ2n) is 6.58. The molecule has 0 aliphatic heterocycles. The van der Waals surface area contributed by atoms with E-state index >= 15 is 0 Å². The van der Waals surface area contributed by atoms with Gasteiger partial charge in [0, 0.05) is 4.88 Å². The highest BCUT2D eigenvalue weighted by molar-refractivity contribution is 7.18. The molecule has 6 nitrogen and oxygen atoms in total. The van der Waals surface area contributed by atoms with Crippen molar-refractivity contribution in [1.82, 2.24) is 0 Å². The summed E-state index contributed by atoms with van der Waals surface area (Å²) < 4.78 is 10.2. The van der Waals surface area contributed by atoms with Gasteiger partial charge in [0.2, 0.25) is 0 Å². The second-order valence-corrected chi connectivity index (χ2v) is 7.63. The molecule has 1 aromatic carbocycles. The largest absolute Gasteiger partial charge is 0.462 e. The van der Waals surface area contributed by atoms with Crippen molar-refractivity contribution < 1.29 is 23.9 Å². The summed E-state index contributed by atoms with van der Waals surface area (Å²) in [4.78, 5) is 37.7. The summed E-state index contributed by atoms with van der Waals surface area (Å²) in [5.41, 5.74) is 1.30. The predicted octanol–water partition coefficient (Wildman–Crippen LogP) is 4.26. The first-order valence-corrected chi connectivity index (χ1v) is 10.2. The molecular formula is C21H23NO5S. The zero-order chi connectivity index (χ0) is 19.9. The van der Waals surface area contributed by atoms with Crippen LogP contribution in [0.3, 0.4) is 0 Å². The van der Waals surface area contributed by atoms with Gasteiger partial charge in [0.15, 0.2) is 6.61 Å². The Kier molecular flexibility index (Phi) is 6.81. The van der Waals surface area contributed by atoms with Gasteiger partial charge < -0.3 is 14.8 Å². The maximum atomic E-state index is 12.3. The van der Waals surface area contributed by atoms with E-state index in [9.17, 15) is 14.4 Å². The van der Waals surface area contributed by atoms with Crippen LogP contribution in [0.25, 0.3) is 10.4 Å². The fraction of sp³-hybridized carbons (Fsp3) is 0.381. The average Bonchev–Trinajstić information content (AvgIpc) is 3.37. The van der Waals surface area contributed by atoms with Crippen LogP contribution in [-0.2, 0) is 19.1 Å². The lowest BCUT2D eigenvalue weighted by Gasteiger charge is -2.10. The minimum atomic E-state index is -0.493. The molecular weight excluding hydrogens is 378 g/mol. The highest BCUT2D eigenvalue weighted by atomic mass is 32.1. The molecule has 1 aromatic heterocycles. The van der Waals surface area contributed by atoms with Crippen molar-refractivity contribution >= 4 is 34.9 Å². The molecule has 1 amide bonds. The lowest BCUT2D eigenvalue weighted by molar-refractivity contribution is -0.151. The van der Waals surface area contributed by atoms with Crippen LogP contribution in [0.15, 0.2) is 36.4 Å². The number of esters is 2. The van der Waals surface area contributed by atoms with E-state index in [0.29, 0.717) is 10.6 Å². The molecule has 148 valence electrons. The Bertz CT molecular complexity index is 840. The number of nitrogens with one attached hydrogen (secondary N) is 1. The van der Waals surface area contributed by atoms with Crippen molar-refractivity contribution in [2.24, 2.45) is 5.92 Å². The summed E-state index contributed by atoms with van der Waals surface area (Å²) in [7, 11) is 0. The summed E-state index contributed by atoms with van der Waals surface area (Å²) in [6.07, 6.45) is 3.68. The number of hydrogen-bond donors (Lipinski definition) is 1. The van der Waals surface area contributed by atoms with Crippen molar-refractivity contribution in [3.8, 4) is 10.4 Å². The summed E-state index contributed by atoms with van der Waals surface area (Å²) in [5, 5.41) is 2.68. The van der Waals surface area contributed by atoms with Gasteiger partial charge in [-0.1, -0.05) is 43.2 Å². The number of carbonyl (C=O) groups excluding carboxylic acids is 3. The van der Waals surface area contributed by atoms with Crippen LogP contribution in [-0.4, -0.2) is 31.1 Å². The van der Waals surface area contributed by atoms with Crippen molar-refractivity contribution in [2.75, 3.05) is 18.5 Å². The maximum absolute atomic E-state index is 12.3. The van der Waals surface area contributed by atoms with Crippen LogP contribution in [0.1, 0.15) is 42.3 Å². The van der Waals surface area contributed by atoms with Crippen molar-refractivity contribution in [3.05, 3.63) is 41.3 Å². The van der Waals surface area contributed by atoms with Crippen LogP contribution in [0.5, 0.6) is 0 Å². The van der Waals surface area contributed by atoms with Gasteiger partial charge in [0.1, 0.15) is 4.88 Å². The number of ether oxygens (including phenoxy) is 2. The predicted molar refractivity (Wildman–Crippen MR) is 107 cm³/mol. The molecule has 28 heavy (non-hydrogen) atoms. The SMILES string of the molecule is CCOC(=O)c1sc(-c2ccccc2)cc1NC(=O)COC(=O)C1CCCC1. The monoisotopic (exact) mass is 401 g/mol. The molecule has 1 heterocycles. The van der Waals surface area contributed by atoms with Gasteiger partial charge >= 0.3 is 11.9 Å². The number of anilines is 1. The zero-order valence-electron chi connectivity index (χ0n) is 15.7. The maximum Gasteiger partial charge on any atom is 0.350 e. The summed E-state index contributed by atoms with van der Waals surface area (Å²) in [6, 6.07) is 11.3. The van der Waals surface area contributed by atoms with Crippen LogP contribution in [0.2, 0.25) is 0 Å². The number of carbonyl (C=O) groups is 3. The first-order chi connectivity index (χ1) is 13.6. The molecule has 0 unspecified atom stereocenters. The Morgan fingerprint density at radius 2 is 1.82 bits per heavy atom. The van der Waals surface area contributed by atoms with E-state index in [2.05, 4.69) is 5.32 Å².